The Morgan fingerprint density at radius 1 is 1.29 bits per heavy atom. The summed E-state index contributed by atoms with van der Waals surface area (Å²) in [7, 11) is -4.09. The average Bonchev–Trinajstić information content (AvgIpc) is 2.14. The molecule has 0 unspecified atom stereocenters. The minimum Gasteiger partial charge on any atom is -0.385 e. The molecule has 0 fully saturated rings. The van der Waals surface area contributed by atoms with Crippen LogP contribution in [0.25, 0.3) is 0 Å². The van der Waals surface area contributed by atoms with Gasteiger partial charge in [0, 0.05) is 12.2 Å². The number of nitrogens with one attached hydrogen (secondary N) is 1. The third-order valence-electron chi connectivity index (χ3n) is 1.78. The van der Waals surface area contributed by atoms with Gasteiger partial charge in [-0.15, -0.1) is 0 Å². The van der Waals surface area contributed by atoms with Gasteiger partial charge in [-0.25, -0.2) is 0 Å². The zero-order valence-corrected chi connectivity index (χ0v) is 8.87. The molecule has 0 atom stereocenters. The zero-order valence-electron chi connectivity index (χ0n) is 7.97. The molecular weight excluding hydrogens is 201 g/mol. The van der Waals surface area contributed by atoms with E-state index in [1.165, 1.54) is 12.1 Å². The highest BCUT2D eigenvalue weighted by atomic mass is 31.2. The first-order valence-electron chi connectivity index (χ1n) is 4.44. The van der Waals surface area contributed by atoms with Crippen LogP contribution in [0.5, 0.6) is 0 Å². The molecule has 14 heavy (non-hydrogen) atoms. The van der Waals surface area contributed by atoms with Gasteiger partial charge in [-0.05, 0) is 30.7 Å². The molecule has 0 amide bonds. The molecule has 5 heteroatoms. The molecule has 78 valence electrons. The minimum atomic E-state index is -4.09. The number of benzene rings is 1. The van der Waals surface area contributed by atoms with E-state index in [0.717, 1.165) is 18.7 Å². The van der Waals surface area contributed by atoms with Crippen molar-refractivity contribution in [3.05, 3.63) is 24.3 Å². The first kappa shape index (κ1) is 11.2. The molecule has 1 rings (SSSR count). The van der Waals surface area contributed by atoms with Gasteiger partial charge < -0.3 is 15.1 Å². The van der Waals surface area contributed by atoms with Crippen LogP contribution >= 0.6 is 7.60 Å². The number of anilines is 1. The van der Waals surface area contributed by atoms with E-state index in [2.05, 4.69) is 12.2 Å². The summed E-state index contributed by atoms with van der Waals surface area (Å²) in [6.07, 6.45) is 1.01. The molecule has 0 saturated carbocycles. The SMILES string of the molecule is CCCNc1ccc(P(=O)(O)O)cc1. The van der Waals surface area contributed by atoms with Gasteiger partial charge in [0.05, 0.1) is 5.30 Å². The highest BCUT2D eigenvalue weighted by Gasteiger charge is 2.15. The summed E-state index contributed by atoms with van der Waals surface area (Å²) in [5.74, 6) is 0. The van der Waals surface area contributed by atoms with E-state index in [1.54, 1.807) is 12.1 Å². The second-order valence-corrected chi connectivity index (χ2v) is 4.62. The van der Waals surface area contributed by atoms with Crippen molar-refractivity contribution >= 4 is 18.6 Å². The molecular formula is C9H14NO3P. The molecule has 1 aromatic carbocycles. The lowest BCUT2D eigenvalue weighted by molar-refractivity contribution is 0.387. The average molecular weight is 215 g/mol. The summed E-state index contributed by atoms with van der Waals surface area (Å²) in [6, 6.07) is 6.23. The molecule has 1 aromatic rings. The maximum atomic E-state index is 10.8. The summed E-state index contributed by atoms with van der Waals surface area (Å²) in [5, 5.41) is 3.18. The van der Waals surface area contributed by atoms with Crippen LogP contribution in [-0.2, 0) is 4.57 Å². The van der Waals surface area contributed by atoms with E-state index in [-0.39, 0.29) is 5.30 Å². The minimum absolute atomic E-state index is 0.0551. The second kappa shape index (κ2) is 4.60. The predicted octanol–water partition coefficient (Wildman–Crippen LogP) is 1.31. The van der Waals surface area contributed by atoms with E-state index >= 15 is 0 Å². The molecule has 0 saturated heterocycles. The molecule has 3 N–H and O–H groups in total. The van der Waals surface area contributed by atoms with E-state index < -0.39 is 7.60 Å². The van der Waals surface area contributed by atoms with Crippen LogP contribution in [0.1, 0.15) is 13.3 Å². The van der Waals surface area contributed by atoms with Crippen LogP contribution < -0.4 is 10.6 Å². The third-order valence-corrected chi connectivity index (χ3v) is 2.75. The summed E-state index contributed by atoms with van der Waals surface area (Å²) < 4.78 is 10.8. The molecule has 0 aromatic heterocycles. The lowest BCUT2D eigenvalue weighted by Crippen LogP contribution is -2.05. The zero-order chi connectivity index (χ0) is 10.6. The Morgan fingerprint density at radius 3 is 2.29 bits per heavy atom. The molecule has 0 bridgehead atoms. The summed E-state index contributed by atoms with van der Waals surface area (Å²) in [6.45, 7) is 2.91. The van der Waals surface area contributed by atoms with Crippen molar-refractivity contribution in [2.45, 2.75) is 13.3 Å². The van der Waals surface area contributed by atoms with E-state index in [4.69, 9.17) is 9.79 Å². The van der Waals surface area contributed by atoms with Gasteiger partial charge in [-0.2, -0.15) is 0 Å². The van der Waals surface area contributed by atoms with E-state index in [0.29, 0.717) is 0 Å². The normalized spacial score (nSPS) is 11.4. The van der Waals surface area contributed by atoms with Gasteiger partial charge in [-0.1, -0.05) is 6.92 Å². The van der Waals surface area contributed by atoms with Crippen molar-refractivity contribution < 1.29 is 14.4 Å². The van der Waals surface area contributed by atoms with E-state index in [1.807, 2.05) is 0 Å². The number of hydrogen-bond donors (Lipinski definition) is 3. The molecule has 0 aliphatic rings. The lowest BCUT2D eigenvalue weighted by atomic mass is 10.3. The van der Waals surface area contributed by atoms with Gasteiger partial charge in [0.25, 0.3) is 0 Å². The molecule has 0 radical (unpaired) electrons. The topological polar surface area (TPSA) is 69.6 Å². The molecule has 0 aliphatic carbocycles. The predicted molar refractivity (Wildman–Crippen MR) is 56.9 cm³/mol. The van der Waals surface area contributed by atoms with Crippen LogP contribution in [0.2, 0.25) is 0 Å². The van der Waals surface area contributed by atoms with Gasteiger partial charge in [0.1, 0.15) is 0 Å². The highest BCUT2D eigenvalue weighted by molar-refractivity contribution is 7.60. The third kappa shape index (κ3) is 3.14. The molecule has 0 aliphatic heterocycles. The maximum Gasteiger partial charge on any atom is 0.356 e. The van der Waals surface area contributed by atoms with Crippen LogP contribution in [0.3, 0.4) is 0 Å². The molecule has 0 heterocycles. The van der Waals surface area contributed by atoms with Crippen molar-refractivity contribution in [3.8, 4) is 0 Å². The van der Waals surface area contributed by atoms with E-state index in [9.17, 15) is 4.57 Å². The van der Waals surface area contributed by atoms with Crippen LogP contribution in [0.15, 0.2) is 24.3 Å². The Morgan fingerprint density at radius 2 is 1.86 bits per heavy atom. The maximum absolute atomic E-state index is 10.8. The fraction of sp³-hybridized carbons (Fsp3) is 0.333. The molecule has 0 spiro atoms. The molecule has 4 nitrogen and oxygen atoms in total. The van der Waals surface area contributed by atoms with Gasteiger partial charge in [0.15, 0.2) is 0 Å². The van der Waals surface area contributed by atoms with Gasteiger partial charge in [0.2, 0.25) is 0 Å². The van der Waals surface area contributed by atoms with Gasteiger partial charge in [-0.3, -0.25) is 4.57 Å². The van der Waals surface area contributed by atoms with Gasteiger partial charge >= 0.3 is 7.60 Å². The Hall–Kier alpha value is -0.830. The fourth-order valence-electron chi connectivity index (χ4n) is 1.04. The fourth-order valence-corrected chi connectivity index (χ4v) is 1.58. The smallest absolute Gasteiger partial charge is 0.356 e. The Bertz CT molecular complexity index is 330. The van der Waals surface area contributed by atoms with Crippen LogP contribution in [-0.4, -0.2) is 16.3 Å². The Balaban J connectivity index is 2.74. The summed E-state index contributed by atoms with van der Waals surface area (Å²) in [4.78, 5) is 17.7. The summed E-state index contributed by atoms with van der Waals surface area (Å²) >= 11 is 0. The first-order chi connectivity index (χ1) is 6.54. The highest BCUT2D eigenvalue weighted by Crippen LogP contribution is 2.33. The van der Waals surface area contributed by atoms with Crippen molar-refractivity contribution in [1.82, 2.24) is 0 Å². The summed E-state index contributed by atoms with van der Waals surface area (Å²) in [5.41, 5.74) is 0.879. The van der Waals surface area contributed by atoms with Crippen LogP contribution in [0, 0.1) is 0 Å². The van der Waals surface area contributed by atoms with Crippen molar-refractivity contribution in [2.75, 3.05) is 11.9 Å². The monoisotopic (exact) mass is 215 g/mol. The standard InChI is InChI=1S/C9H14NO3P/c1-2-7-10-8-3-5-9(6-4-8)14(11,12)13/h3-6,10H,2,7H2,1H3,(H2,11,12,13). The largest absolute Gasteiger partial charge is 0.385 e. The quantitative estimate of drug-likeness (QED) is 0.662. The lowest BCUT2D eigenvalue weighted by Gasteiger charge is -2.06. The number of hydrogen-bond acceptors (Lipinski definition) is 2. The first-order valence-corrected chi connectivity index (χ1v) is 6.05. The second-order valence-electron chi connectivity index (χ2n) is 3.02. The van der Waals surface area contributed by atoms with Crippen molar-refractivity contribution in [3.63, 3.8) is 0 Å². The Kier molecular flexibility index (Phi) is 3.69. The van der Waals surface area contributed by atoms with Crippen molar-refractivity contribution in [2.24, 2.45) is 0 Å². The number of rotatable bonds is 4. The van der Waals surface area contributed by atoms with Crippen molar-refractivity contribution in [1.29, 1.82) is 0 Å². The van der Waals surface area contributed by atoms with Crippen LogP contribution in [0.4, 0.5) is 5.69 Å². The Labute approximate surface area is 83.1 Å².